The summed E-state index contributed by atoms with van der Waals surface area (Å²) >= 11 is 1.30. The van der Waals surface area contributed by atoms with E-state index >= 15 is 0 Å². The van der Waals surface area contributed by atoms with E-state index in [0.29, 0.717) is 34.4 Å². The number of halogens is 6. The predicted molar refractivity (Wildman–Crippen MR) is 122 cm³/mol. The van der Waals surface area contributed by atoms with Gasteiger partial charge in [0.2, 0.25) is 0 Å². The van der Waals surface area contributed by atoms with E-state index in [1.165, 1.54) is 30.8 Å². The Balaban J connectivity index is 3.44. The number of aliphatic imine (C=N–C) groups is 1. The number of alkyl halides is 6. The second kappa shape index (κ2) is 10.6. The van der Waals surface area contributed by atoms with Gasteiger partial charge in [0.1, 0.15) is 0 Å². The highest BCUT2D eigenvalue weighted by atomic mass is 32.2. The molecule has 0 amide bonds. The molecule has 1 rings (SSSR count). The average Bonchev–Trinajstić information content (AvgIpc) is 2.67. The molecule has 178 valence electrons. The van der Waals surface area contributed by atoms with E-state index in [0.717, 1.165) is 17.8 Å². The Kier molecular flexibility index (Phi) is 9.27. The Hall–Kier alpha value is -2.16. The second-order valence-electron chi connectivity index (χ2n) is 7.89. The summed E-state index contributed by atoms with van der Waals surface area (Å²) in [6.07, 6.45) is -9.59. The zero-order chi connectivity index (χ0) is 24.9. The molecule has 0 aliphatic rings. The van der Waals surface area contributed by atoms with Crippen molar-refractivity contribution in [1.82, 2.24) is 5.32 Å². The van der Waals surface area contributed by atoms with Crippen molar-refractivity contribution in [3.8, 4) is 0 Å². The van der Waals surface area contributed by atoms with Gasteiger partial charge in [-0.25, -0.2) is 0 Å². The standard InChI is InChI=1S/C23H28F6N2S/c1-8-19(30-7)20(32-13-16(5)31-12-14(2)3)18-10-9-17(11-15(18)4)21(6,22(24,25)26)23(27,28)29/h8-11,14,31H,1,5,7,12-13H2,2-4,6H3/b20-19-. The van der Waals surface area contributed by atoms with Crippen LogP contribution in [0.4, 0.5) is 26.3 Å². The summed E-state index contributed by atoms with van der Waals surface area (Å²) in [5, 5.41) is 3.18. The van der Waals surface area contributed by atoms with Crippen LogP contribution in [0.3, 0.4) is 0 Å². The number of benzene rings is 1. The highest BCUT2D eigenvalue weighted by Crippen LogP contribution is 2.52. The molecule has 0 fully saturated rings. The topological polar surface area (TPSA) is 24.4 Å². The van der Waals surface area contributed by atoms with Crippen molar-refractivity contribution in [1.29, 1.82) is 0 Å². The highest BCUT2D eigenvalue weighted by molar-refractivity contribution is 8.08. The first-order chi connectivity index (χ1) is 14.6. The molecule has 0 unspecified atom stereocenters. The summed E-state index contributed by atoms with van der Waals surface area (Å²) < 4.78 is 80.8. The van der Waals surface area contributed by atoms with E-state index in [2.05, 4.69) is 30.2 Å². The smallest absolute Gasteiger partial charge is 0.388 e. The minimum Gasteiger partial charge on any atom is -0.388 e. The molecule has 0 saturated heterocycles. The Bertz CT molecular complexity index is 857. The molecule has 0 aromatic heterocycles. The first kappa shape index (κ1) is 27.9. The lowest BCUT2D eigenvalue weighted by atomic mass is 9.79. The van der Waals surface area contributed by atoms with Crippen LogP contribution >= 0.6 is 11.8 Å². The second-order valence-corrected chi connectivity index (χ2v) is 8.88. The van der Waals surface area contributed by atoms with Crippen molar-refractivity contribution in [2.45, 2.75) is 45.5 Å². The molecular formula is C23H28F6N2S. The number of thioether (sulfide) groups is 1. The monoisotopic (exact) mass is 478 g/mol. The molecule has 32 heavy (non-hydrogen) atoms. The van der Waals surface area contributed by atoms with Gasteiger partial charge in [0.05, 0.1) is 5.70 Å². The Morgan fingerprint density at radius 1 is 1.16 bits per heavy atom. The van der Waals surface area contributed by atoms with E-state index < -0.39 is 23.3 Å². The van der Waals surface area contributed by atoms with Crippen LogP contribution in [-0.4, -0.2) is 31.4 Å². The van der Waals surface area contributed by atoms with Gasteiger partial charge in [0.15, 0.2) is 5.41 Å². The number of hydrogen-bond donors (Lipinski definition) is 1. The Labute approximate surface area is 189 Å². The maximum atomic E-state index is 13.5. The van der Waals surface area contributed by atoms with Crippen molar-refractivity contribution in [3.63, 3.8) is 0 Å². The third kappa shape index (κ3) is 6.21. The molecule has 0 saturated carbocycles. The van der Waals surface area contributed by atoms with Crippen LogP contribution < -0.4 is 5.32 Å². The molecule has 0 bridgehead atoms. The van der Waals surface area contributed by atoms with Crippen LogP contribution in [0.5, 0.6) is 0 Å². The van der Waals surface area contributed by atoms with Crippen molar-refractivity contribution < 1.29 is 26.3 Å². The summed E-state index contributed by atoms with van der Waals surface area (Å²) in [7, 11) is 0. The van der Waals surface area contributed by atoms with Gasteiger partial charge in [-0.3, -0.25) is 4.99 Å². The van der Waals surface area contributed by atoms with Crippen LogP contribution in [0.15, 0.2) is 53.8 Å². The number of allylic oxidation sites excluding steroid dienone is 1. The fraction of sp³-hybridized carbons (Fsp3) is 0.435. The molecule has 1 aromatic carbocycles. The number of nitrogens with one attached hydrogen (secondary N) is 1. The highest BCUT2D eigenvalue weighted by Gasteiger charge is 2.68. The molecule has 0 spiro atoms. The number of aryl methyl sites for hydroxylation is 1. The van der Waals surface area contributed by atoms with Crippen molar-refractivity contribution in [2.24, 2.45) is 10.9 Å². The molecular weight excluding hydrogens is 450 g/mol. The summed E-state index contributed by atoms with van der Waals surface area (Å²) in [6.45, 7) is 17.5. The fourth-order valence-corrected chi connectivity index (χ4v) is 3.90. The first-order valence-corrected chi connectivity index (χ1v) is 10.7. The third-order valence-electron chi connectivity index (χ3n) is 4.93. The summed E-state index contributed by atoms with van der Waals surface area (Å²) in [4.78, 5) is 4.44. The van der Waals surface area contributed by atoms with Gasteiger partial charge in [0, 0.05) is 22.9 Å². The van der Waals surface area contributed by atoms with Crippen LogP contribution in [0, 0.1) is 12.8 Å². The molecule has 1 N–H and O–H groups in total. The van der Waals surface area contributed by atoms with Crippen molar-refractivity contribution in [3.05, 3.63) is 65.5 Å². The average molecular weight is 479 g/mol. The van der Waals surface area contributed by atoms with Crippen molar-refractivity contribution >= 4 is 23.4 Å². The first-order valence-electron chi connectivity index (χ1n) is 9.73. The van der Waals surface area contributed by atoms with E-state index in [1.54, 1.807) is 0 Å². The van der Waals surface area contributed by atoms with Gasteiger partial charge in [-0.15, -0.1) is 11.8 Å². The van der Waals surface area contributed by atoms with Gasteiger partial charge in [-0.05, 0) is 49.2 Å². The quantitative estimate of drug-likeness (QED) is 0.215. The summed E-state index contributed by atoms with van der Waals surface area (Å²) in [5.74, 6) is 0.815. The maximum Gasteiger partial charge on any atom is 0.406 e. The summed E-state index contributed by atoms with van der Waals surface area (Å²) in [5.41, 5.74) is -3.08. The minimum atomic E-state index is -5.51. The SMILES string of the molecule is C=C/C(N=C)=C(/SCC(=C)NCC(C)C)c1ccc(C(C)(C(F)(F)F)C(F)(F)F)cc1C. The molecule has 0 heterocycles. The van der Waals surface area contributed by atoms with Gasteiger partial charge in [-0.1, -0.05) is 45.2 Å². The zero-order valence-corrected chi connectivity index (χ0v) is 19.4. The maximum absolute atomic E-state index is 13.5. The van der Waals surface area contributed by atoms with Gasteiger partial charge in [0.25, 0.3) is 0 Å². The van der Waals surface area contributed by atoms with E-state index in [4.69, 9.17) is 0 Å². The van der Waals surface area contributed by atoms with E-state index in [1.807, 2.05) is 13.8 Å². The van der Waals surface area contributed by atoms with Crippen LogP contribution in [-0.2, 0) is 5.41 Å². The molecule has 1 aromatic rings. The summed E-state index contributed by atoms with van der Waals surface area (Å²) in [6, 6.07) is 3.04. The largest absolute Gasteiger partial charge is 0.406 e. The minimum absolute atomic E-state index is 0.151. The molecule has 0 aliphatic carbocycles. The number of hydrogen-bond acceptors (Lipinski definition) is 3. The van der Waals surface area contributed by atoms with Gasteiger partial charge in [-0.2, -0.15) is 26.3 Å². The fourth-order valence-electron chi connectivity index (χ4n) is 2.79. The molecule has 0 aliphatic heterocycles. The normalized spacial score (nSPS) is 13.6. The van der Waals surface area contributed by atoms with E-state index in [9.17, 15) is 26.3 Å². The lowest BCUT2D eigenvalue weighted by Crippen LogP contribution is -2.51. The number of rotatable bonds is 10. The van der Waals surface area contributed by atoms with Gasteiger partial charge < -0.3 is 5.32 Å². The molecule has 2 nitrogen and oxygen atoms in total. The Morgan fingerprint density at radius 3 is 2.12 bits per heavy atom. The van der Waals surface area contributed by atoms with Gasteiger partial charge >= 0.3 is 12.4 Å². The Morgan fingerprint density at radius 2 is 1.72 bits per heavy atom. The van der Waals surface area contributed by atoms with Crippen LogP contribution in [0.2, 0.25) is 0 Å². The predicted octanol–water partition coefficient (Wildman–Crippen LogP) is 7.43. The van der Waals surface area contributed by atoms with Crippen molar-refractivity contribution in [2.75, 3.05) is 12.3 Å². The lowest BCUT2D eigenvalue weighted by Gasteiger charge is -2.34. The zero-order valence-electron chi connectivity index (χ0n) is 18.5. The van der Waals surface area contributed by atoms with Crippen LogP contribution in [0.1, 0.15) is 37.5 Å². The van der Waals surface area contributed by atoms with Crippen LogP contribution in [0.25, 0.3) is 4.91 Å². The lowest BCUT2D eigenvalue weighted by molar-refractivity contribution is -0.297. The number of nitrogens with zero attached hydrogens (tertiary/aromatic N) is 1. The van der Waals surface area contributed by atoms with E-state index in [-0.39, 0.29) is 12.5 Å². The molecule has 0 radical (unpaired) electrons. The third-order valence-corrected chi connectivity index (χ3v) is 6.14. The molecule has 0 atom stereocenters. The molecule has 9 heteroatoms.